The lowest BCUT2D eigenvalue weighted by molar-refractivity contribution is -0.138. The Balaban J connectivity index is 0.000000169. The predicted molar refractivity (Wildman–Crippen MR) is 77.8 cm³/mol. The van der Waals surface area contributed by atoms with Crippen LogP contribution in [0.2, 0.25) is 0 Å². The van der Waals surface area contributed by atoms with Gasteiger partial charge in [0.15, 0.2) is 11.5 Å². The second kappa shape index (κ2) is 5.38. The molecule has 0 aliphatic carbocycles. The molecular weight excluding hydrogens is 308 g/mol. The van der Waals surface area contributed by atoms with Crippen LogP contribution in [-0.4, -0.2) is 33.2 Å². The summed E-state index contributed by atoms with van der Waals surface area (Å²) < 4.78 is 4.94. The first-order chi connectivity index (χ1) is 10.5. The van der Waals surface area contributed by atoms with Gasteiger partial charge in [0, 0.05) is 6.92 Å². The highest BCUT2D eigenvalue weighted by atomic mass is 32.2. The summed E-state index contributed by atoms with van der Waals surface area (Å²) in [5, 5.41) is 11.1. The van der Waals surface area contributed by atoms with E-state index in [0.717, 1.165) is 23.3 Å². The van der Waals surface area contributed by atoms with Crippen LogP contribution in [0.25, 0.3) is 0 Å². The van der Waals surface area contributed by atoms with E-state index >= 15 is 0 Å². The first-order valence-electron chi connectivity index (χ1n) is 6.48. The third-order valence-electron chi connectivity index (χ3n) is 3.13. The van der Waals surface area contributed by atoms with Gasteiger partial charge in [-0.05, 0) is 12.1 Å². The van der Waals surface area contributed by atoms with Gasteiger partial charge in [-0.1, -0.05) is 23.9 Å². The van der Waals surface area contributed by atoms with Crippen molar-refractivity contribution in [1.82, 2.24) is 10.2 Å². The van der Waals surface area contributed by atoms with Crippen LogP contribution >= 0.6 is 11.8 Å². The molecule has 1 saturated heterocycles. The van der Waals surface area contributed by atoms with Crippen LogP contribution in [0, 0.1) is 0 Å². The molecule has 3 aliphatic rings. The number of carbonyl (C=O) groups is 3. The number of rotatable bonds is 2. The van der Waals surface area contributed by atoms with Crippen LogP contribution < -0.4 is 10.1 Å². The minimum absolute atomic E-state index is 0.0288. The smallest absolute Gasteiger partial charge is 0.346 e. The maximum Gasteiger partial charge on any atom is 0.346 e. The Morgan fingerprint density at radius 2 is 2.00 bits per heavy atom. The molecule has 2 amide bonds. The number of nitrogens with one attached hydrogen (secondary N) is 1. The number of hydrogen-bond acceptors (Lipinski definition) is 5. The van der Waals surface area contributed by atoms with Crippen molar-refractivity contribution in [2.45, 2.75) is 18.7 Å². The number of hydrogen-bond donors (Lipinski definition) is 2. The van der Waals surface area contributed by atoms with Gasteiger partial charge in [-0.2, -0.15) is 0 Å². The SMILES string of the molecule is CC(=O)NC1=C(C(=O)O)S[C@@H]2CC(=O)N12.c1ccc2c(c1)O2. The van der Waals surface area contributed by atoms with Crippen molar-refractivity contribution in [3.8, 4) is 11.5 Å². The Kier molecular flexibility index (Phi) is 3.53. The highest BCUT2D eigenvalue weighted by molar-refractivity contribution is 8.04. The number of ether oxygens (including phenoxy) is 1. The molecule has 22 heavy (non-hydrogen) atoms. The summed E-state index contributed by atoms with van der Waals surface area (Å²) >= 11 is 1.09. The fraction of sp³-hybridized carbons (Fsp3) is 0.214. The van der Waals surface area contributed by atoms with E-state index in [1.165, 1.54) is 11.8 Å². The van der Waals surface area contributed by atoms with E-state index in [2.05, 4.69) is 5.32 Å². The lowest BCUT2D eigenvalue weighted by Gasteiger charge is -2.34. The van der Waals surface area contributed by atoms with Crippen LogP contribution in [-0.2, 0) is 14.4 Å². The number of benzene rings is 1. The maximum atomic E-state index is 11.2. The summed E-state index contributed by atoms with van der Waals surface area (Å²) in [5.74, 6) is 0.509. The average Bonchev–Trinajstić information content (AvgIpc) is 3.16. The molecule has 114 valence electrons. The summed E-state index contributed by atoms with van der Waals surface area (Å²) in [6, 6.07) is 7.84. The third kappa shape index (κ3) is 2.64. The second-order valence-corrected chi connectivity index (χ2v) is 5.94. The van der Waals surface area contributed by atoms with Crippen LogP contribution in [0.15, 0.2) is 35.0 Å². The first kappa shape index (κ1) is 14.5. The minimum atomic E-state index is -1.12. The standard InChI is InChI=1S/C8H8N2O4S.C6H4O/c1-3(11)9-7-6(8(13)14)15-5-2-4(12)10(5)7;1-2-4-6-5(3-1)7-6/h5H,2H2,1H3,(H,9,11)(H,13,14);1-4H/t5-;/m1./s1. The maximum absolute atomic E-state index is 11.2. The van der Waals surface area contributed by atoms with Gasteiger partial charge in [-0.25, -0.2) is 4.79 Å². The Bertz CT molecular complexity index is 694. The van der Waals surface area contributed by atoms with Gasteiger partial charge in [0.25, 0.3) is 0 Å². The summed E-state index contributed by atoms with van der Waals surface area (Å²) in [4.78, 5) is 34.3. The Morgan fingerprint density at radius 3 is 2.45 bits per heavy atom. The topological polar surface area (TPSA) is 99.2 Å². The molecule has 1 aromatic rings. The van der Waals surface area contributed by atoms with E-state index < -0.39 is 5.97 Å². The zero-order valence-electron chi connectivity index (χ0n) is 11.5. The third-order valence-corrected chi connectivity index (χ3v) is 4.39. The van der Waals surface area contributed by atoms with Crippen molar-refractivity contribution in [3.63, 3.8) is 0 Å². The molecule has 1 fully saturated rings. The fourth-order valence-electron chi connectivity index (χ4n) is 2.10. The summed E-state index contributed by atoms with van der Waals surface area (Å²) in [6.45, 7) is 1.27. The molecule has 7 nitrogen and oxygen atoms in total. The minimum Gasteiger partial charge on any atom is -0.477 e. The number of carbonyl (C=O) groups excluding carboxylic acids is 2. The van der Waals surface area contributed by atoms with Gasteiger partial charge in [0.2, 0.25) is 11.8 Å². The van der Waals surface area contributed by atoms with E-state index in [0.29, 0.717) is 6.42 Å². The molecule has 0 unspecified atom stereocenters. The van der Waals surface area contributed by atoms with Gasteiger partial charge < -0.3 is 15.2 Å². The molecule has 0 bridgehead atoms. The molecule has 1 aromatic carbocycles. The molecule has 0 aromatic heterocycles. The number of thioether (sulfide) groups is 1. The molecule has 8 heteroatoms. The lowest BCUT2D eigenvalue weighted by Crippen LogP contribution is -2.50. The molecule has 3 heterocycles. The van der Waals surface area contributed by atoms with Crippen molar-refractivity contribution < 1.29 is 24.2 Å². The zero-order valence-corrected chi connectivity index (χ0v) is 12.3. The zero-order chi connectivity index (χ0) is 15.9. The van der Waals surface area contributed by atoms with Crippen molar-refractivity contribution in [2.75, 3.05) is 0 Å². The number of amides is 2. The lowest BCUT2D eigenvalue weighted by atomic mass is 10.2. The molecular formula is C14H12N2O5S. The largest absolute Gasteiger partial charge is 0.477 e. The molecule has 0 radical (unpaired) electrons. The molecule has 0 spiro atoms. The van der Waals surface area contributed by atoms with Gasteiger partial charge in [-0.15, -0.1) is 0 Å². The van der Waals surface area contributed by atoms with Crippen molar-refractivity contribution in [1.29, 1.82) is 0 Å². The molecule has 0 saturated carbocycles. The van der Waals surface area contributed by atoms with E-state index in [9.17, 15) is 14.4 Å². The molecule has 4 rings (SSSR count). The van der Waals surface area contributed by atoms with Crippen LogP contribution in [0.3, 0.4) is 0 Å². The number of fused-ring (bicyclic) bond motifs is 2. The summed E-state index contributed by atoms with van der Waals surface area (Å²) in [7, 11) is 0. The van der Waals surface area contributed by atoms with Crippen molar-refractivity contribution in [3.05, 3.63) is 35.0 Å². The van der Waals surface area contributed by atoms with Gasteiger partial charge in [-0.3, -0.25) is 14.5 Å². The van der Waals surface area contributed by atoms with E-state index in [1.807, 2.05) is 24.3 Å². The van der Waals surface area contributed by atoms with Crippen molar-refractivity contribution >= 4 is 29.5 Å². The molecule has 1 atom stereocenters. The fourth-order valence-corrected chi connectivity index (χ4v) is 3.29. The average molecular weight is 320 g/mol. The Hall–Kier alpha value is -2.48. The van der Waals surface area contributed by atoms with Gasteiger partial charge in [0.1, 0.15) is 10.7 Å². The number of nitrogens with zero attached hydrogens (tertiary/aromatic N) is 1. The van der Waals surface area contributed by atoms with Crippen molar-refractivity contribution in [2.24, 2.45) is 0 Å². The highest BCUT2D eigenvalue weighted by Gasteiger charge is 2.48. The van der Waals surface area contributed by atoms with Crippen LogP contribution in [0.1, 0.15) is 13.3 Å². The summed E-state index contributed by atoms with van der Waals surface area (Å²) in [6.07, 6.45) is 0.324. The first-order valence-corrected chi connectivity index (χ1v) is 7.36. The van der Waals surface area contributed by atoms with Gasteiger partial charge in [0.05, 0.1) is 11.8 Å². The normalized spacial score (nSPS) is 20.0. The Morgan fingerprint density at radius 1 is 1.36 bits per heavy atom. The van der Waals surface area contributed by atoms with Crippen LogP contribution in [0.4, 0.5) is 0 Å². The quantitative estimate of drug-likeness (QED) is 0.642. The van der Waals surface area contributed by atoms with Crippen LogP contribution in [0.5, 0.6) is 11.5 Å². The number of carboxylic acid groups (broad SMARTS) is 1. The monoisotopic (exact) mass is 320 g/mol. The van der Waals surface area contributed by atoms with E-state index in [4.69, 9.17) is 9.84 Å². The summed E-state index contributed by atoms with van der Waals surface area (Å²) in [5.41, 5.74) is 0. The van der Waals surface area contributed by atoms with E-state index in [1.54, 1.807) is 0 Å². The predicted octanol–water partition coefficient (Wildman–Crippen LogP) is 1.47. The molecule has 3 aliphatic heterocycles. The number of β-lactam (4-membered cyclic amide) rings is 1. The van der Waals surface area contributed by atoms with E-state index in [-0.39, 0.29) is 27.9 Å². The highest BCUT2D eigenvalue weighted by Crippen LogP contribution is 2.45. The number of aliphatic carboxylic acids is 1. The Labute approximate surface area is 129 Å². The number of carboxylic acids is 1. The second-order valence-electron chi connectivity index (χ2n) is 4.75. The molecule has 2 N–H and O–H groups in total. The number of para-hydroxylation sites is 2. The van der Waals surface area contributed by atoms with Gasteiger partial charge >= 0.3 is 5.97 Å².